The second kappa shape index (κ2) is 21.8. The average Bonchev–Trinajstić information content (AvgIpc) is 3.23. The van der Waals surface area contributed by atoms with Crippen LogP contribution in [0.2, 0.25) is 0 Å². The molecular formula is C41H31B2BrF18O7. The fourth-order valence-electron chi connectivity index (χ4n) is 6.07. The molecule has 7 nitrogen and oxygen atoms in total. The van der Waals surface area contributed by atoms with Crippen LogP contribution in [0.4, 0.5) is 79.0 Å². The molecule has 0 aromatic heterocycles. The maximum Gasteiger partial charge on any atom is 0.492 e. The van der Waals surface area contributed by atoms with Crippen molar-refractivity contribution in [1.29, 1.82) is 0 Å². The van der Waals surface area contributed by atoms with Crippen LogP contribution in [0.1, 0.15) is 45.9 Å². The molecule has 0 bridgehead atoms. The smallest absolute Gasteiger partial charge is 0.492 e. The molecular weight excluding hydrogens is 1050 g/mol. The topological polar surface area (TPSA) is 109 Å². The maximum atomic E-state index is 13.4. The maximum absolute atomic E-state index is 13.4. The van der Waals surface area contributed by atoms with Crippen molar-refractivity contribution in [3.8, 4) is 39.5 Å². The molecule has 0 unspecified atom stereocenters. The summed E-state index contributed by atoms with van der Waals surface area (Å²) in [6, 6.07) is 7.55. The first kappa shape index (κ1) is 58.0. The van der Waals surface area contributed by atoms with E-state index in [2.05, 4.69) is 15.9 Å². The molecule has 0 saturated heterocycles. The molecule has 28 heteroatoms. The van der Waals surface area contributed by atoms with Gasteiger partial charge >= 0.3 is 51.3 Å². The number of ether oxygens (including phenoxy) is 3. The highest BCUT2D eigenvalue weighted by Gasteiger charge is 2.40. The fraction of sp³-hybridized carbons (Fsp3) is 0.268. The van der Waals surface area contributed by atoms with Crippen LogP contribution in [0.5, 0.6) is 17.2 Å². The van der Waals surface area contributed by atoms with Crippen molar-refractivity contribution in [3.63, 3.8) is 0 Å². The molecule has 0 aliphatic carbocycles. The molecule has 376 valence electrons. The number of hydrogen-bond donors (Lipinski definition) is 4. The third kappa shape index (κ3) is 15.3. The summed E-state index contributed by atoms with van der Waals surface area (Å²) in [5.74, 6) is -0.0894. The molecule has 0 aliphatic rings. The van der Waals surface area contributed by atoms with Gasteiger partial charge in [-0.1, -0.05) is 22.9 Å². The number of hydrogen-bond acceptors (Lipinski definition) is 7. The molecule has 0 amide bonds. The Labute approximate surface area is 387 Å². The van der Waals surface area contributed by atoms with Crippen LogP contribution in [-0.4, -0.2) is 55.7 Å². The highest BCUT2D eigenvalue weighted by Crippen LogP contribution is 2.45. The summed E-state index contributed by atoms with van der Waals surface area (Å²) in [5.41, 5.74) is -10.4. The summed E-state index contributed by atoms with van der Waals surface area (Å²) in [4.78, 5) is 0. The quantitative estimate of drug-likeness (QED) is 0.0905. The Kier molecular flexibility index (Phi) is 18.3. The first-order chi connectivity index (χ1) is 31.4. The summed E-state index contributed by atoms with van der Waals surface area (Å²) in [5, 5.41) is 36.3. The number of benzene rings is 5. The highest BCUT2D eigenvalue weighted by molar-refractivity contribution is 9.10. The second-order valence-electron chi connectivity index (χ2n) is 14.0. The number of rotatable bonds is 8. The summed E-state index contributed by atoms with van der Waals surface area (Å²) >= 11 is 2.60. The van der Waals surface area contributed by atoms with Gasteiger partial charge in [-0.15, -0.1) is 0 Å². The molecule has 0 radical (unpaired) electrons. The van der Waals surface area contributed by atoms with Crippen LogP contribution in [-0.2, 0) is 43.5 Å². The molecule has 0 heterocycles. The number of methoxy groups -OCH3 is 3. The molecule has 0 aliphatic heterocycles. The Morgan fingerprint density at radius 3 is 0.913 bits per heavy atom. The van der Waals surface area contributed by atoms with Gasteiger partial charge in [0.25, 0.3) is 0 Å². The van der Waals surface area contributed by atoms with Crippen molar-refractivity contribution in [2.75, 3.05) is 21.3 Å². The third-order valence-electron chi connectivity index (χ3n) is 9.29. The van der Waals surface area contributed by atoms with Gasteiger partial charge in [-0.3, -0.25) is 0 Å². The number of alkyl halides is 18. The Balaban J connectivity index is 0.000000332. The van der Waals surface area contributed by atoms with Crippen molar-refractivity contribution >= 4 is 41.1 Å². The predicted molar refractivity (Wildman–Crippen MR) is 217 cm³/mol. The van der Waals surface area contributed by atoms with E-state index in [0.29, 0.717) is 36.4 Å². The van der Waals surface area contributed by atoms with Crippen LogP contribution >= 0.6 is 15.9 Å². The summed E-state index contributed by atoms with van der Waals surface area (Å²) in [6.45, 7) is 1.46. The summed E-state index contributed by atoms with van der Waals surface area (Å²) < 4.78 is 248. The average molecular weight is 1080 g/mol. The molecule has 5 rings (SSSR count). The zero-order valence-corrected chi connectivity index (χ0v) is 36.6. The Morgan fingerprint density at radius 2 is 0.667 bits per heavy atom. The van der Waals surface area contributed by atoms with Gasteiger partial charge in [0.1, 0.15) is 17.2 Å². The molecule has 0 saturated carbocycles. The van der Waals surface area contributed by atoms with Gasteiger partial charge in [0.15, 0.2) is 0 Å². The van der Waals surface area contributed by atoms with Crippen LogP contribution in [0.15, 0.2) is 83.3 Å². The highest BCUT2D eigenvalue weighted by atomic mass is 79.9. The molecule has 0 fully saturated rings. The fourth-order valence-corrected chi connectivity index (χ4v) is 6.56. The SMILES string of the molecule is CCc1cc(-c2cc(C(F)(F)F)cc(C(F)(F)F)c2)c(OC)cc1-c1cc(C(F)(F)F)cc(C(F)(F)F)c1.COc1cc(B(O)O)c(OC)cc1B(O)O.FC(F)(F)c1cc(Br)cc(C(F)(F)F)c1. The molecule has 0 atom stereocenters. The van der Waals surface area contributed by atoms with Gasteiger partial charge in [0, 0.05) is 21.0 Å². The van der Waals surface area contributed by atoms with E-state index in [4.69, 9.17) is 34.3 Å². The van der Waals surface area contributed by atoms with E-state index in [1.807, 2.05) is 0 Å². The molecule has 69 heavy (non-hydrogen) atoms. The van der Waals surface area contributed by atoms with Crippen LogP contribution in [0.25, 0.3) is 22.3 Å². The van der Waals surface area contributed by atoms with E-state index in [0.717, 1.165) is 19.2 Å². The lowest BCUT2D eigenvalue weighted by molar-refractivity contribution is -0.144. The zero-order chi connectivity index (χ0) is 53.0. The monoisotopic (exact) mass is 1080 g/mol. The van der Waals surface area contributed by atoms with Crippen molar-refractivity contribution in [3.05, 3.63) is 122 Å². The van der Waals surface area contributed by atoms with Crippen molar-refractivity contribution in [2.24, 2.45) is 0 Å². The standard InChI is InChI=1S/C25H16F12O.C8H12B2O6.C8H3BrF6/c1-3-12-8-20(14-6-17(24(32,33)34)10-18(7-14)25(35,36)37)21(38-2)11-19(12)13-4-15(22(26,27)28)9-16(5-13)23(29,30)31;1-15-7-3-6(10(13)14)8(16-2)4-5(7)9(11)12;9-6-2-4(7(10,11)12)1-5(3-6)8(13,14)15/h4-11H,3H2,1-2H3;3-4,11-14H,1-2H3;1-3H. The lowest BCUT2D eigenvalue weighted by atomic mass is 9.73. The van der Waals surface area contributed by atoms with Gasteiger partial charge in [0.05, 0.1) is 54.7 Å². The lowest BCUT2D eigenvalue weighted by Gasteiger charge is -2.20. The van der Waals surface area contributed by atoms with Gasteiger partial charge < -0.3 is 34.3 Å². The minimum atomic E-state index is -5.15. The Morgan fingerprint density at radius 1 is 0.391 bits per heavy atom. The minimum Gasteiger partial charge on any atom is -0.497 e. The van der Waals surface area contributed by atoms with E-state index in [1.165, 1.54) is 33.3 Å². The van der Waals surface area contributed by atoms with Gasteiger partial charge in [-0.2, -0.15) is 79.0 Å². The van der Waals surface area contributed by atoms with Crippen LogP contribution in [0.3, 0.4) is 0 Å². The van der Waals surface area contributed by atoms with Crippen molar-refractivity contribution in [1.82, 2.24) is 0 Å². The molecule has 0 spiro atoms. The first-order valence-electron chi connectivity index (χ1n) is 18.6. The van der Waals surface area contributed by atoms with Gasteiger partial charge in [0.2, 0.25) is 0 Å². The number of aryl methyl sites for hydroxylation is 1. The minimum absolute atomic E-state index is 0.0466. The van der Waals surface area contributed by atoms with Gasteiger partial charge in [-0.25, -0.2) is 0 Å². The van der Waals surface area contributed by atoms with Gasteiger partial charge in [-0.05, 0) is 108 Å². The Hall–Kier alpha value is -5.31. The van der Waals surface area contributed by atoms with E-state index in [1.54, 1.807) is 0 Å². The third-order valence-corrected chi connectivity index (χ3v) is 9.75. The first-order valence-corrected chi connectivity index (χ1v) is 19.4. The van der Waals surface area contributed by atoms with Crippen LogP contribution in [0, 0.1) is 0 Å². The molecule has 4 N–H and O–H groups in total. The predicted octanol–water partition coefficient (Wildman–Crippen LogP) is 11.2. The van der Waals surface area contributed by atoms with Crippen molar-refractivity contribution in [2.45, 2.75) is 50.4 Å². The number of halogens is 19. The molecule has 5 aromatic rings. The normalized spacial score (nSPS) is 12.3. The molecule has 5 aromatic carbocycles. The van der Waals surface area contributed by atoms with E-state index in [9.17, 15) is 79.0 Å². The largest absolute Gasteiger partial charge is 0.497 e. The Bertz CT molecular complexity index is 2340. The lowest BCUT2D eigenvalue weighted by Crippen LogP contribution is -2.37. The van der Waals surface area contributed by atoms with E-state index in [-0.39, 0.29) is 74.0 Å². The summed E-state index contributed by atoms with van der Waals surface area (Å²) in [6.07, 6.45) is -30.2. The second-order valence-corrected chi connectivity index (χ2v) is 14.9. The zero-order valence-electron chi connectivity index (χ0n) is 35.1. The van der Waals surface area contributed by atoms with Crippen LogP contribution < -0.4 is 25.1 Å². The van der Waals surface area contributed by atoms with E-state index < -0.39 is 95.8 Å². The van der Waals surface area contributed by atoms with Crippen molar-refractivity contribution < 1.29 is 113 Å². The summed E-state index contributed by atoms with van der Waals surface area (Å²) in [7, 11) is 0.213. The van der Waals surface area contributed by atoms with E-state index >= 15 is 0 Å².